The summed E-state index contributed by atoms with van der Waals surface area (Å²) in [7, 11) is 0. The molecule has 0 aromatic rings. The fourth-order valence-electron chi connectivity index (χ4n) is 4.65. The Labute approximate surface area is 331 Å². The van der Waals surface area contributed by atoms with E-state index in [9.17, 15) is 0 Å². The van der Waals surface area contributed by atoms with Crippen LogP contribution in [0.4, 0.5) is 0 Å². The van der Waals surface area contributed by atoms with Crippen molar-refractivity contribution in [2.45, 2.75) is 137 Å². The summed E-state index contributed by atoms with van der Waals surface area (Å²) < 4.78 is 0. The zero-order valence-electron chi connectivity index (χ0n) is 33.1. The van der Waals surface area contributed by atoms with E-state index >= 15 is 0 Å². The third-order valence-corrected chi connectivity index (χ3v) is 8.95. The Morgan fingerprint density at radius 1 is 0.370 bits per heavy atom. The molecular formula is C40H64Cl2Si2Zr2-2. The molecule has 0 aromatic carbocycles. The van der Waals surface area contributed by atoms with Crippen LogP contribution in [-0.4, -0.2) is 10.9 Å². The van der Waals surface area contributed by atoms with Crippen molar-refractivity contribution in [3.8, 4) is 0 Å². The summed E-state index contributed by atoms with van der Waals surface area (Å²) in [5.74, 6) is 2.24. The van der Waals surface area contributed by atoms with Crippen LogP contribution < -0.4 is 24.8 Å². The SMILES string of the molecule is CC1=[C-]C(C)C(C)=C1C.CC1=[C-]C(C)C(C)=C1C.CC1=[C-]C(C)C(C)=C1C.CC1=[C-]C(C)C(C)=C1C.C[Si](C)=[Zr+2].C[Si](C)=[Zr+2].[Cl-].[Cl-]. The second-order valence-electron chi connectivity index (χ2n) is 13.2. The van der Waals surface area contributed by atoms with Crippen LogP contribution in [0.1, 0.15) is 111 Å². The van der Waals surface area contributed by atoms with Crippen LogP contribution in [0, 0.1) is 48.0 Å². The van der Waals surface area contributed by atoms with E-state index in [0.29, 0.717) is 23.7 Å². The normalized spacial score (nSPS) is 22.4. The van der Waals surface area contributed by atoms with Crippen LogP contribution in [0.2, 0.25) is 26.2 Å². The number of allylic oxidation sites excluding steroid dienone is 16. The van der Waals surface area contributed by atoms with Gasteiger partial charge in [0.25, 0.3) is 0 Å². The molecular weight excluding hydrogens is 790 g/mol. The maximum Gasteiger partial charge on any atom is -1.00 e. The summed E-state index contributed by atoms with van der Waals surface area (Å²) in [5, 5.41) is 0. The smallest absolute Gasteiger partial charge is 1.00 e. The second kappa shape index (κ2) is 26.5. The zero-order valence-corrected chi connectivity index (χ0v) is 41.5. The molecule has 4 aliphatic rings. The summed E-state index contributed by atoms with van der Waals surface area (Å²) >= 11 is 3.48. The Hall–Kier alpha value is 0.700. The standard InChI is InChI=1S/4C9H13.2C2H6Si.2ClH.2Zr/c4*1-6-5-7(2)9(4)8(6)3;2*1-3-2;;;;/h4*6H,1-4H3;2*1-2H3;2*1H;;/q4*-1;;;;;2*+2/p-2. The number of rotatable bonds is 0. The van der Waals surface area contributed by atoms with Crippen LogP contribution in [0.3, 0.4) is 0 Å². The zero-order chi connectivity index (χ0) is 35.2. The summed E-state index contributed by atoms with van der Waals surface area (Å²) in [6.07, 6.45) is 13.4. The molecule has 0 amide bonds. The minimum atomic E-state index is 0. The van der Waals surface area contributed by atoms with E-state index in [-0.39, 0.29) is 35.7 Å². The third kappa shape index (κ3) is 20.4. The number of hydrogen-bond donors (Lipinski definition) is 0. The van der Waals surface area contributed by atoms with Gasteiger partial charge in [-0.3, -0.25) is 24.3 Å². The van der Waals surface area contributed by atoms with E-state index in [1.54, 1.807) is 46.7 Å². The first-order valence-electron chi connectivity index (χ1n) is 16.1. The molecule has 0 N–H and O–H groups in total. The predicted octanol–water partition coefficient (Wildman–Crippen LogP) is 6.46. The van der Waals surface area contributed by atoms with E-state index in [1.165, 1.54) is 66.9 Å². The van der Waals surface area contributed by atoms with Gasteiger partial charge in [-0.25, -0.2) is 22.3 Å². The molecule has 0 bridgehead atoms. The van der Waals surface area contributed by atoms with Gasteiger partial charge in [-0.05, 0) is 0 Å². The van der Waals surface area contributed by atoms with E-state index in [4.69, 9.17) is 0 Å². The third-order valence-electron chi connectivity index (χ3n) is 8.95. The first-order valence-corrected chi connectivity index (χ1v) is 28.5. The summed E-state index contributed by atoms with van der Waals surface area (Å²) in [4.78, 5) is 0. The first-order chi connectivity index (χ1) is 20.0. The summed E-state index contributed by atoms with van der Waals surface area (Å²) in [6.45, 7) is 43.9. The summed E-state index contributed by atoms with van der Waals surface area (Å²) in [5.41, 5.74) is 17.4. The van der Waals surface area contributed by atoms with Crippen LogP contribution in [0.25, 0.3) is 0 Å². The molecule has 0 radical (unpaired) electrons. The fraction of sp³-hybridized carbons (Fsp3) is 0.600. The van der Waals surface area contributed by atoms with Crippen molar-refractivity contribution in [2.24, 2.45) is 23.7 Å². The Morgan fingerprint density at radius 2 is 0.478 bits per heavy atom. The Bertz CT molecular complexity index is 1100. The molecule has 0 saturated carbocycles. The van der Waals surface area contributed by atoms with E-state index in [1.807, 2.05) is 0 Å². The van der Waals surface area contributed by atoms with Crippen molar-refractivity contribution < 1.29 is 71.5 Å². The van der Waals surface area contributed by atoms with E-state index in [0.717, 1.165) is 0 Å². The van der Waals surface area contributed by atoms with Gasteiger partial charge in [0.15, 0.2) is 0 Å². The fourth-order valence-corrected chi connectivity index (χ4v) is 4.65. The van der Waals surface area contributed by atoms with Gasteiger partial charge in [-0.2, -0.15) is 44.6 Å². The van der Waals surface area contributed by atoms with Gasteiger partial charge in [0.1, 0.15) is 0 Å². The van der Waals surface area contributed by atoms with Gasteiger partial charge in [0, 0.05) is 0 Å². The molecule has 0 aliphatic heterocycles. The van der Waals surface area contributed by atoms with Crippen molar-refractivity contribution in [2.75, 3.05) is 0 Å². The molecule has 4 aliphatic carbocycles. The van der Waals surface area contributed by atoms with Crippen molar-refractivity contribution in [1.82, 2.24) is 0 Å². The Kier molecular flexibility index (Phi) is 30.8. The Balaban J connectivity index is -0.000000234. The molecule has 6 heteroatoms. The van der Waals surface area contributed by atoms with Gasteiger partial charge >= 0.3 is 83.7 Å². The Morgan fingerprint density at radius 3 is 0.500 bits per heavy atom. The van der Waals surface area contributed by atoms with Crippen LogP contribution in [0.5, 0.6) is 0 Å². The van der Waals surface area contributed by atoms with Crippen LogP contribution in [0.15, 0.2) is 66.9 Å². The minimum Gasteiger partial charge on any atom is -1.00 e. The van der Waals surface area contributed by atoms with E-state index < -0.39 is 0 Å². The topological polar surface area (TPSA) is 0 Å². The van der Waals surface area contributed by atoms with Crippen molar-refractivity contribution in [3.05, 3.63) is 91.2 Å². The predicted molar refractivity (Wildman–Crippen MR) is 195 cm³/mol. The monoisotopic (exact) mass is 850 g/mol. The number of halogens is 2. The van der Waals surface area contributed by atoms with E-state index in [2.05, 4.69) is 161 Å². The number of hydrogen-bond acceptors (Lipinski definition) is 0. The largest absolute Gasteiger partial charge is 1.00 e. The maximum atomic E-state index is 3.36. The minimum absolute atomic E-state index is 0. The van der Waals surface area contributed by atoms with Crippen molar-refractivity contribution >= 4 is 10.9 Å². The van der Waals surface area contributed by atoms with Gasteiger partial charge in [-0.15, -0.1) is 27.7 Å². The molecule has 256 valence electrons. The molecule has 0 fully saturated rings. The van der Waals surface area contributed by atoms with Gasteiger partial charge < -0.3 is 24.8 Å². The average Bonchev–Trinajstić information content (AvgIpc) is 3.46. The van der Waals surface area contributed by atoms with Gasteiger partial charge in [-0.1, -0.05) is 107 Å². The molecule has 0 aromatic heterocycles. The quantitative estimate of drug-likeness (QED) is 0.194. The molecule has 4 rings (SSSR count). The summed E-state index contributed by atoms with van der Waals surface area (Å²) in [6, 6.07) is 0. The second-order valence-corrected chi connectivity index (χ2v) is 31.9. The molecule has 0 spiro atoms. The molecule has 4 unspecified atom stereocenters. The average molecular weight is 854 g/mol. The van der Waals surface area contributed by atoms with Gasteiger partial charge in [0.2, 0.25) is 0 Å². The van der Waals surface area contributed by atoms with Crippen molar-refractivity contribution in [3.63, 3.8) is 0 Å². The maximum absolute atomic E-state index is 3.36. The molecule has 46 heavy (non-hydrogen) atoms. The molecule has 0 nitrogen and oxygen atoms in total. The molecule has 0 heterocycles. The molecule has 4 atom stereocenters. The van der Waals surface area contributed by atoms with Crippen LogP contribution >= 0.6 is 0 Å². The van der Waals surface area contributed by atoms with Gasteiger partial charge in [0.05, 0.1) is 0 Å². The van der Waals surface area contributed by atoms with Crippen molar-refractivity contribution in [1.29, 1.82) is 0 Å². The van der Waals surface area contributed by atoms with Crippen LogP contribution in [-0.2, 0) is 46.7 Å². The first kappa shape index (κ1) is 53.5. The molecule has 0 saturated heterocycles.